The summed E-state index contributed by atoms with van der Waals surface area (Å²) in [6.07, 6.45) is 0.931. The Hall–Kier alpha value is -3.39. The van der Waals surface area contributed by atoms with Gasteiger partial charge in [0.05, 0.1) is 23.2 Å². The number of thiophene rings is 1. The molecule has 4 rings (SSSR count). The summed E-state index contributed by atoms with van der Waals surface area (Å²) in [6.45, 7) is 2.16. The van der Waals surface area contributed by atoms with Crippen molar-refractivity contribution < 1.29 is 18.4 Å². The predicted octanol–water partition coefficient (Wildman–Crippen LogP) is 4.92. The molecule has 0 saturated heterocycles. The number of hydrogen-bond acceptors (Lipinski definition) is 8. The molecule has 0 saturated carbocycles. The Balaban J connectivity index is 1.44. The highest BCUT2D eigenvalue weighted by Crippen LogP contribution is 2.27. The Kier molecular flexibility index (Phi) is 5.20. The van der Waals surface area contributed by atoms with Crippen LogP contribution in [0.15, 0.2) is 69.0 Å². The van der Waals surface area contributed by atoms with Crippen molar-refractivity contribution in [2.75, 3.05) is 5.32 Å². The van der Waals surface area contributed by atoms with Crippen LogP contribution in [0.5, 0.6) is 0 Å². The normalized spacial score (nSPS) is 11.9. The molecule has 0 amide bonds. The highest BCUT2D eigenvalue weighted by Gasteiger charge is 2.21. The molecule has 7 nitrogen and oxygen atoms in total. The van der Waals surface area contributed by atoms with Crippen molar-refractivity contribution in [1.29, 1.82) is 0 Å². The average Bonchev–Trinajstić information content (AvgIpc) is 3.48. The first-order valence-corrected chi connectivity index (χ1v) is 9.52. The highest BCUT2D eigenvalue weighted by atomic mass is 32.1. The zero-order chi connectivity index (χ0) is 19.3. The second-order valence-corrected chi connectivity index (χ2v) is 6.90. The van der Waals surface area contributed by atoms with Crippen LogP contribution in [0.25, 0.3) is 10.8 Å². The average molecular weight is 395 g/mol. The third-order valence-corrected chi connectivity index (χ3v) is 4.84. The molecule has 1 aromatic carbocycles. The molecule has 0 aliphatic carbocycles. The molecule has 8 heteroatoms. The van der Waals surface area contributed by atoms with Crippen LogP contribution in [-0.2, 0) is 11.3 Å². The molecule has 1 atom stereocenters. The molecule has 1 N–H and O–H groups in total. The van der Waals surface area contributed by atoms with Crippen molar-refractivity contribution in [3.05, 3.63) is 77.4 Å². The molecule has 4 aromatic rings. The number of hydrogen-bond donors (Lipinski definition) is 1. The minimum atomic E-state index is -0.674. The van der Waals surface area contributed by atoms with Gasteiger partial charge in [-0.15, -0.1) is 21.5 Å². The van der Waals surface area contributed by atoms with Gasteiger partial charge in [0.25, 0.3) is 11.8 Å². The van der Waals surface area contributed by atoms with E-state index in [-0.39, 0.29) is 5.89 Å². The van der Waals surface area contributed by atoms with Crippen LogP contribution in [0.3, 0.4) is 0 Å². The van der Waals surface area contributed by atoms with Gasteiger partial charge in [0, 0.05) is 5.69 Å². The number of nitrogens with zero attached hydrogens (tertiary/aromatic N) is 2. The second kappa shape index (κ2) is 8.10. The Morgan fingerprint density at radius 1 is 1.18 bits per heavy atom. The molecule has 0 spiro atoms. The molecule has 0 aliphatic heterocycles. The Morgan fingerprint density at radius 3 is 2.86 bits per heavy atom. The van der Waals surface area contributed by atoms with Crippen molar-refractivity contribution in [3.8, 4) is 10.8 Å². The number of rotatable bonds is 7. The van der Waals surface area contributed by atoms with Gasteiger partial charge >= 0.3 is 5.97 Å². The quantitative estimate of drug-likeness (QED) is 0.444. The maximum absolute atomic E-state index is 12.7. The van der Waals surface area contributed by atoms with Gasteiger partial charge in [0.2, 0.25) is 0 Å². The lowest BCUT2D eigenvalue weighted by atomic mass is 10.1. The zero-order valence-corrected chi connectivity index (χ0v) is 15.8. The third-order valence-electron chi connectivity index (χ3n) is 3.98. The van der Waals surface area contributed by atoms with E-state index in [1.165, 1.54) is 11.3 Å². The lowest BCUT2D eigenvalue weighted by Crippen LogP contribution is -2.12. The summed E-state index contributed by atoms with van der Waals surface area (Å²) in [4.78, 5) is 13.5. The Labute approximate surface area is 165 Å². The lowest BCUT2D eigenvalue weighted by molar-refractivity contribution is 0.0281. The first-order valence-electron chi connectivity index (χ1n) is 8.64. The number of esters is 1. The summed E-state index contributed by atoms with van der Waals surface area (Å²) >= 11 is 1.50. The van der Waals surface area contributed by atoms with Crippen LogP contribution in [0.2, 0.25) is 0 Å². The first-order chi connectivity index (χ1) is 13.7. The summed E-state index contributed by atoms with van der Waals surface area (Å²) < 4.78 is 16.5. The van der Waals surface area contributed by atoms with Crippen molar-refractivity contribution >= 4 is 23.0 Å². The smallest absolute Gasteiger partial charge is 0.341 e. The lowest BCUT2D eigenvalue weighted by Gasteiger charge is -2.13. The van der Waals surface area contributed by atoms with Crippen molar-refractivity contribution in [2.45, 2.75) is 19.6 Å². The number of aromatic nitrogens is 2. The summed E-state index contributed by atoms with van der Waals surface area (Å²) in [5.41, 5.74) is 1.07. The van der Waals surface area contributed by atoms with E-state index in [1.807, 2.05) is 41.8 Å². The van der Waals surface area contributed by atoms with E-state index in [2.05, 4.69) is 15.5 Å². The third kappa shape index (κ3) is 3.96. The number of benzene rings is 1. The first kappa shape index (κ1) is 18.0. The van der Waals surface area contributed by atoms with Crippen LogP contribution >= 0.6 is 11.3 Å². The molecule has 142 valence electrons. The molecule has 28 heavy (non-hydrogen) atoms. The topological polar surface area (TPSA) is 90.4 Å². The monoisotopic (exact) mass is 395 g/mol. The largest absolute Gasteiger partial charge is 0.467 e. The molecule has 0 unspecified atom stereocenters. The van der Waals surface area contributed by atoms with Crippen LogP contribution in [0.1, 0.15) is 35.0 Å². The van der Waals surface area contributed by atoms with Crippen molar-refractivity contribution in [2.24, 2.45) is 0 Å². The molecule has 3 heterocycles. The van der Waals surface area contributed by atoms with Gasteiger partial charge in [-0.05, 0) is 42.6 Å². The highest BCUT2D eigenvalue weighted by molar-refractivity contribution is 7.13. The number of carbonyl (C=O) groups excluding carboxylic acids is 1. The Bertz CT molecular complexity index is 1040. The van der Waals surface area contributed by atoms with E-state index >= 15 is 0 Å². The summed E-state index contributed by atoms with van der Waals surface area (Å²) in [6, 6.07) is 14.6. The maximum atomic E-state index is 12.7. The summed E-state index contributed by atoms with van der Waals surface area (Å²) in [7, 11) is 0. The fraction of sp³-hybridized carbons (Fsp3) is 0.150. The number of ether oxygens (including phenoxy) is 1. The SMILES string of the molecule is C[C@H](OC(=O)c1ccccc1NCc1ccco1)c1nnc(-c2cccs2)o1. The van der Waals surface area contributed by atoms with Crippen LogP contribution in [0, 0.1) is 0 Å². The van der Waals surface area contributed by atoms with E-state index < -0.39 is 12.1 Å². The fourth-order valence-corrected chi connectivity index (χ4v) is 3.23. The van der Waals surface area contributed by atoms with Crippen molar-refractivity contribution in [3.63, 3.8) is 0 Å². The van der Waals surface area contributed by atoms with Crippen LogP contribution in [0.4, 0.5) is 5.69 Å². The summed E-state index contributed by atoms with van der Waals surface area (Å²) in [5.74, 6) is 0.945. The number of para-hydroxylation sites is 1. The van der Waals surface area contributed by atoms with Gasteiger partial charge in [0.1, 0.15) is 5.76 Å². The van der Waals surface area contributed by atoms with Crippen molar-refractivity contribution in [1.82, 2.24) is 10.2 Å². The molecular formula is C20H17N3O4S. The number of furan rings is 1. The minimum absolute atomic E-state index is 0.248. The standard InChI is InChI=1S/C20H17N3O4S/c1-13(18-22-23-19(27-18)17-9-5-11-28-17)26-20(24)15-7-2-3-8-16(15)21-12-14-6-4-10-25-14/h2-11,13,21H,12H2,1H3/t13-/m0/s1. The summed E-state index contributed by atoms with van der Waals surface area (Å²) in [5, 5.41) is 13.1. The van der Waals surface area contributed by atoms with E-state index in [9.17, 15) is 4.79 Å². The van der Waals surface area contributed by atoms with E-state index in [1.54, 1.807) is 25.3 Å². The van der Waals surface area contributed by atoms with E-state index in [4.69, 9.17) is 13.6 Å². The molecule has 3 aromatic heterocycles. The molecule has 0 aliphatic rings. The van der Waals surface area contributed by atoms with Gasteiger partial charge in [-0.25, -0.2) is 4.79 Å². The predicted molar refractivity (Wildman–Crippen MR) is 104 cm³/mol. The maximum Gasteiger partial charge on any atom is 0.341 e. The second-order valence-electron chi connectivity index (χ2n) is 5.95. The molecular weight excluding hydrogens is 378 g/mol. The molecule has 0 radical (unpaired) electrons. The Morgan fingerprint density at radius 2 is 2.07 bits per heavy atom. The zero-order valence-electron chi connectivity index (χ0n) is 15.0. The molecule has 0 bridgehead atoms. The van der Waals surface area contributed by atoms with Gasteiger partial charge in [-0.1, -0.05) is 18.2 Å². The van der Waals surface area contributed by atoms with Gasteiger partial charge in [-0.3, -0.25) is 0 Å². The minimum Gasteiger partial charge on any atom is -0.467 e. The number of carbonyl (C=O) groups is 1. The molecule has 0 fully saturated rings. The van der Waals surface area contributed by atoms with Gasteiger partial charge < -0.3 is 18.9 Å². The number of anilines is 1. The fourth-order valence-electron chi connectivity index (χ4n) is 2.58. The van der Waals surface area contributed by atoms with E-state index in [0.29, 0.717) is 23.7 Å². The van der Waals surface area contributed by atoms with Gasteiger partial charge in [-0.2, -0.15) is 0 Å². The van der Waals surface area contributed by atoms with E-state index in [0.717, 1.165) is 10.6 Å². The van der Waals surface area contributed by atoms with Crippen LogP contribution < -0.4 is 5.32 Å². The van der Waals surface area contributed by atoms with Gasteiger partial charge in [0.15, 0.2) is 6.10 Å². The van der Waals surface area contributed by atoms with Crippen LogP contribution in [-0.4, -0.2) is 16.2 Å². The number of nitrogens with one attached hydrogen (secondary N) is 1.